The van der Waals surface area contributed by atoms with Crippen molar-refractivity contribution in [1.82, 2.24) is 14.9 Å². The highest BCUT2D eigenvalue weighted by Gasteiger charge is 2.31. The summed E-state index contributed by atoms with van der Waals surface area (Å²) in [6.07, 6.45) is 2.92. The Morgan fingerprint density at radius 1 is 1.03 bits per heavy atom. The molecule has 2 aromatic carbocycles. The minimum absolute atomic E-state index is 0.0562. The third-order valence-corrected chi connectivity index (χ3v) is 8.59. The van der Waals surface area contributed by atoms with E-state index in [2.05, 4.69) is 24.5 Å². The Bertz CT molecular complexity index is 1440. The Balaban J connectivity index is 1.19. The molecule has 1 N–H and O–H groups in total. The summed E-state index contributed by atoms with van der Waals surface area (Å²) in [4.78, 5) is 27.4. The van der Waals surface area contributed by atoms with E-state index in [0.717, 1.165) is 36.3 Å². The lowest BCUT2D eigenvalue weighted by Crippen LogP contribution is -2.55. The number of halogens is 1. The second kappa shape index (κ2) is 11.0. The van der Waals surface area contributed by atoms with Crippen molar-refractivity contribution in [2.75, 3.05) is 54.4 Å². The van der Waals surface area contributed by atoms with Crippen molar-refractivity contribution in [2.45, 2.75) is 30.7 Å². The van der Waals surface area contributed by atoms with E-state index in [4.69, 9.17) is 4.74 Å². The highest BCUT2D eigenvalue weighted by molar-refractivity contribution is 7.92. The Morgan fingerprint density at radius 3 is 2.49 bits per heavy atom. The predicted octanol–water partition coefficient (Wildman–Crippen LogP) is 2.92. The number of aromatic nitrogens is 2. The van der Waals surface area contributed by atoms with Gasteiger partial charge in [-0.05, 0) is 67.8 Å². The lowest BCUT2D eigenvalue weighted by atomic mass is 9.99. The number of fused-ring (bicyclic) bond motifs is 1. The number of hydrogen-bond donors (Lipinski definition) is 1. The van der Waals surface area contributed by atoms with Gasteiger partial charge in [-0.2, -0.15) is 0 Å². The van der Waals surface area contributed by atoms with Crippen molar-refractivity contribution in [3.63, 3.8) is 0 Å². The summed E-state index contributed by atoms with van der Waals surface area (Å²) in [5.41, 5.74) is 2.76. The molecular weight excluding hydrogens is 523 g/mol. The first-order chi connectivity index (χ1) is 18.7. The van der Waals surface area contributed by atoms with Crippen LogP contribution < -0.4 is 19.3 Å². The molecule has 1 atom stereocenters. The van der Waals surface area contributed by atoms with Crippen LogP contribution in [0.1, 0.15) is 18.9 Å². The number of amides is 1. The normalized spacial score (nSPS) is 16.4. The molecule has 0 saturated carbocycles. The molecule has 0 bridgehead atoms. The number of methoxy groups -OCH3 is 1. The summed E-state index contributed by atoms with van der Waals surface area (Å²) in [6.45, 7) is 5.06. The monoisotopic (exact) mass is 554 g/mol. The van der Waals surface area contributed by atoms with Crippen LogP contribution in [-0.2, 0) is 21.2 Å². The van der Waals surface area contributed by atoms with Gasteiger partial charge >= 0.3 is 0 Å². The average Bonchev–Trinajstić information content (AvgIpc) is 2.96. The Kier molecular flexibility index (Phi) is 7.56. The zero-order valence-electron chi connectivity index (χ0n) is 21.9. The van der Waals surface area contributed by atoms with Gasteiger partial charge in [0, 0.05) is 50.2 Å². The van der Waals surface area contributed by atoms with E-state index in [9.17, 15) is 17.6 Å². The fourth-order valence-electron chi connectivity index (χ4n) is 5.12. The second-order valence-corrected chi connectivity index (χ2v) is 11.3. The molecule has 5 rings (SSSR count). The smallest absolute Gasteiger partial charge is 0.263 e. The number of sulfonamides is 1. The van der Waals surface area contributed by atoms with E-state index in [1.165, 1.54) is 25.6 Å². The third-order valence-electron chi connectivity index (χ3n) is 7.21. The van der Waals surface area contributed by atoms with Gasteiger partial charge < -0.3 is 19.4 Å². The zero-order valence-corrected chi connectivity index (χ0v) is 22.7. The molecule has 2 aliphatic rings. The van der Waals surface area contributed by atoms with E-state index in [0.29, 0.717) is 26.2 Å². The van der Waals surface area contributed by atoms with E-state index < -0.39 is 10.0 Å². The van der Waals surface area contributed by atoms with Crippen LogP contribution in [0.3, 0.4) is 0 Å². The summed E-state index contributed by atoms with van der Waals surface area (Å²) in [6, 6.07) is 12.5. The SMILES string of the molecule is COc1cc(NS(=O)(=O)c2ccc(N3CCN(C(=O)[C@@H](C)N4CCCc5cc(F)ccc54)CC3)cc2)ncn1. The quantitative estimate of drug-likeness (QED) is 0.475. The first kappa shape index (κ1) is 26.7. The largest absolute Gasteiger partial charge is 0.481 e. The van der Waals surface area contributed by atoms with Crippen molar-refractivity contribution in [3.05, 3.63) is 66.2 Å². The highest BCUT2D eigenvalue weighted by atomic mass is 32.2. The number of carbonyl (C=O) groups is 1. The summed E-state index contributed by atoms with van der Waals surface area (Å²) < 4.78 is 46.8. The molecule has 1 amide bonds. The maximum absolute atomic E-state index is 13.7. The van der Waals surface area contributed by atoms with Gasteiger partial charge in [0.05, 0.1) is 12.0 Å². The van der Waals surface area contributed by atoms with Crippen LogP contribution in [0.2, 0.25) is 0 Å². The molecule has 1 aromatic heterocycles. The Labute approximate surface area is 227 Å². The van der Waals surface area contributed by atoms with Gasteiger partial charge in [-0.1, -0.05) is 0 Å². The molecule has 0 unspecified atom stereocenters. The molecule has 1 saturated heterocycles. The lowest BCUT2D eigenvalue weighted by Gasteiger charge is -2.41. The maximum atomic E-state index is 13.7. The molecule has 2 aliphatic heterocycles. The topological polar surface area (TPSA) is 108 Å². The number of ether oxygens (including phenoxy) is 1. The molecule has 206 valence electrons. The molecule has 0 spiro atoms. The van der Waals surface area contributed by atoms with Crippen molar-refractivity contribution in [2.24, 2.45) is 0 Å². The minimum atomic E-state index is -3.84. The molecule has 10 nitrogen and oxygen atoms in total. The number of anilines is 3. The van der Waals surface area contributed by atoms with Crippen LogP contribution in [0.4, 0.5) is 21.6 Å². The second-order valence-electron chi connectivity index (χ2n) is 9.60. The van der Waals surface area contributed by atoms with Crippen molar-refractivity contribution in [3.8, 4) is 5.88 Å². The molecule has 3 heterocycles. The Hall–Kier alpha value is -3.93. The third kappa shape index (κ3) is 5.75. The maximum Gasteiger partial charge on any atom is 0.263 e. The molecule has 12 heteroatoms. The highest BCUT2D eigenvalue weighted by Crippen LogP contribution is 2.30. The van der Waals surface area contributed by atoms with Gasteiger partial charge in [0.15, 0.2) is 0 Å². The Morgan fingerprint density at radius 2 is 1.77 bits per heavy atom. The molecule has 1 fully saturated rings. The summed E-state index contributed by atoms with van der Waals surface area (Å²) in [7, 11) is -2.41. The molecule has 3 aromatic rings. The van der Waals surface area contributed by atoms with Gasteiger partial charge in [0.25, 0.3) is 10.0 Å². The van der Waals surface area contributed by atoms with Crippen LogP contribution in [-0.4, -0.2) is 75.1 Å². The number of nitrogens with zero attached hydrogens (tertiary/aromatic N) is 5. The molecule has 0 radical (unpaired) electrons. The van der Waals surface area contributed by atoms with Gasteiger partial charge in [-0.15, -0.1) is 0 Å². The number of hydrogen-bond acceptors (Lipinski definition) is 8. The van der Waals surface area contributed by atoms with E-state index in [1.54, 1.807) is 36.4 Å². The van der Waals surface area contributed by atoms with Crippen molar-refractivity contribution < 1.29 is 22.3 Å². The fraction of sp³-hybridized carbons (Fsp3) is 0.370. The number of piperazine rings is 1. The van der Waals surface area contributed by atoms with Gasteiger partial charge in [-0.25, -0.2) is 22.8 Å². The number of rotatable bonds is 7. The first-order valence-corrected chi connectivity index (χ1v) is 14.3. The van der Waals surface area contributed by atoms with Crippen LogP contribution in [0.25, 0.3) is 0 Å². The van der Waals surface area contributed by atoms with Crippen LogP contribution >= 0.6 is 0 Å². The van der Waals surface area contributed by atoms with E-state index in [-0.39, 0.29) is 34.4 Å². The number of carbonyl (C=O) groups excluding carboxylic acids is 1. The van der Waals surface area contributed by atoms with Gasteiger partial charge in [-0.3, -0.25) is 9.52 Å². The molecule has 0 aliphatic carbocycles. The molecule has 39 heavy (non-hydrogen) atoms. The zero-order chi connectivity index (χ0) is 27.6. The van der Waals surface area contributed by atoms with Crippen molar-refractivity contribution >= 4 is 33.1 Å². The van der Waals surface area contributed by atoms with Gasteiger partial charge in [0.1, 0.15) is 24.0 Å². The number of nitrogens with one attached hydrogen (secondary N) is 1. The standard InChI is InChI=1S/C27H31FN6O4S/c1-19(34-11-3-4-20-16-21(28)5-10-24(20)34)27(35)33-14-12-32(13-15-33)22-6-8-23(9-7-22)39(36,37)31-25-17-26(38-2)30-18-29-25/h5-10,16-19H,3-4,11-15H2,1-2H3,(H,29,30,31)/t19-/m1/s1. The summed E-state index contributed by atoms with van der Waals surface area (Å²) >= 11 is 0. The van der Waals surface area contributed by atoms with Crippen LogP contribution in [0.15, 0.2) is 59.8 Å². The molecular formula is C27H31FN6O4S. The minimum Gasteiger partial charge on any atom is -0.481 e. The van der Waals surface area contributed by atoms with Gasteiger partial charge in [0.2, 0.25) is 11.8 Å². The lowest BCUT2D eigenvalue weighted by molar-refractivity contribution is -0.132. The van der Waals surface area contributed by atoms with E-state index in [1.807, 2.05) is 11.8 Å². The average molecular weight is 555 g/mol. The fourth-order valence-corrected chi connectivity index (χ4v) is 6.12. The number of benzene rings is 2. The summed E-state index contributed by atoms with van der Waals surface area (Å²) in [5.74, 6) is 0.169. The summed E-state index contributed by atoms with van der Waals surface area (Å²) in [5, 5.41) is 0. The first-order valence-electron chi connectivity index (χ1n) is 12.8. The number of aryl methyl sites for hydroxylation is 1. The van der Waals surface area contributed by atoms with E-state index >= 15 is 0 Å². The van der Waals surface area contributed by atoms with Crippen molar-refractivity contribution in [1.29, 1.82) is 0 Å². The van der Waals surface area contributed by atoms with Crippen LogP contribution in [0, 0.1) is 5.82 Å². The predicted molar refractivity (Wildman–Crippen MR) is 146 cm³/mol. The van der Waals surface area contributed by atoms with Crippen LogP contribution in [0.5, 0.6) is 5.88 Å².